The molecule has 252 valence electrons. The molecule has 3 N–H and O–H groups in total. The van der Waals surface area contributed by atoms with Crippen LogP contribution >= 0.6 is 0 Å². The lowest BCUT2D eigenvalue weighted by Gasteiger charge is -2.21. The zero-order valence-electron chi connectivity index (χ0n) is 27.5. The molecule has 0 saturated heterocycles. The molecule has 10 nitrogen and oxygen atoms in total. The van der Waals surface area contributed by atoms with Gasteiger partial charge in [-0.15, -0.1) is 0 Å². The van der Waals surface area contributed by atoms with Crippen LogP contribution in [0, 0.1) is 0 Å². The van der Waals surface area contributed by atoms with Gasteiger partial charge >= 0.3 is 17.9 Å². The Bertz CT molecular complexity index is 1390. The lowest BCUT2D eigenvalue weighted by molar-refractivity contribution is -0.159. The Labute approximate surface area is 271 Å². The quantitative estimate of drug-likeness (QED) is 0.0605. The number of hydrogen-bond acceptors (Lipinski definition) is 8. The Hall–Kier alpha value is -4.02. The summed E-state index contributed by atoms with van der Waals surface area (Å²) >= 11 is 0. The van der Waals surface area contributed by atoms with E-state index < -0.39 is 17.9 Å². The molecule has 0 atom stereocenters. The van der Waals surface area contributed by atoms with Gasteiger partial charge in [0.25, 0.3) is 0 Å². The average Bonchev–Trinajstić information content (AvgIpc) is 3.39. The molecular formula is C36H49NO9. The topological polar surface area (TPSA) is 155 Å². The zero-order chi connectivity index (χ0) is 34.1. The minimum atomic E-state index is -1.82. The molecule has 3 rings (SSSR count). The van der Waals surface area contributed by atoms with Gasteiger partial charge in [-0.2, -0.15) is 0 Å². The van der Waals surface area contributed by atoms with Crippen LogP contribution in [0.1, 0.15) is 110 Å². The molecule has 0 radical (unpaired) electrons. The second-order valence-corrected chi connectivity index (χ2v) is 11.5. The van der Waals surface area contributed by atoms with E-state index in [-0.39, 0.29) is 18.5 Å². The third-order valence-corrected chi connectivity index (χ3v) is 7.37. The summed E-state index contributed by atoms with van der Waals surface area (Å²) in [5, 5.41) is 24.7. The van der Waals surface area contributed by atoms with E-state index >= 15 is 0 Å². The fourth-order valence-electron chi connectivity index (χ4n) is 4.95. The van der Waals surface area contributed by atoms with E-state index in [9.17, 15) is 14.7 Å². The van der Waals surface area contributed by atoms with Crippen molar-refractivity contribution in [2.24, 2.45) is 0 Å². The molecule has 0 spiro atoms. The van der Waals surface area contributed by atoms with E-state index in [1.165, 1.54) is 44.3 Å². The molecule has 46 heavy (non-hydrogen) atoms. The second kappa shape index (κ2) is 20.2. The summed E-state index contributed by atoms with van der Waals surface area (Å²) < 4.78 is 11.5. The highest BCUT2D eigenvalue weighted by Crippen LogP contribution is 2.31. The van der Waals surface area contributed by atoms with Crippen LogP contribution in [0.25, 0.3) is 11.0 Å². The first kappa shape index (κ1) is 38.2. The number of aliphatic hydroxyl groups is 1. The molecule has 0 saturated carbocycles. The third kappa shape index (κ3) is 12.4. The highest BCUT2D eigenvalue weighted by atomic mass is 16.5. The Morgan fingerprint density at radius 1 is 0.783 bits per heavy atom. The summed E-state index contributed by atoms with van der Waals surface area (Å²) in [5.74, 6) is -3.61. The molecule has 0 unspecified atom stereocenters. The molecule has 0 bridgehead atoms. The van der Waals surface area contributed by atoms with Crippen LogP contribution in [0.3, 0.4) is 0 Å². The second-order valence-electron chi connectivity index (χ2n) is 11.5. The van der Waals surface area contributed by atoms with Crippen LogP contribution in [0.2, 0.25) is 0 Å². The summed E-state index contributed by atoms with van der Waals surface area (Å²) in [6.07, 6.45) is 8.61. The number of unbranched alkanes of at least 4 members (excludes halogenated alkanes) is 3. The van der Waals surface area contributed by atoms with E-state index in [0.717, 1.165) is 19.4 Å². The minimum absolute atomic E-state index is 0.0884. The van der Waals surface area contributed by atoms with Crippen LogP contribution in [0.5, 0.6) is 0 Å². The number of rotatable bonds is 18. The van der Waals surface area contributed by atoms with Crippen molar-refractivity contribution in [2.75, 3.05) is 26.2 Å². The number of esters is 1. The molecule has 0 amide bonds. The van der Waals surface area contributed by atoms with Gasteiger partial charge < -0.3 is 29.4 Å². The Kier molecular flexibility index (Phi) is 16.7. The first-order valence-electron chi connectivity index (χ1n) is 16.2. The van der Waals surface area contributed by atoms with Gasteiger partial charge in [-0.3, -0.25) is 4.79 Å². The zero-order valence-corrected chi connectivity index (χ0v) is 27.5. The van der Waals surface area contributed by atoms with E-state index in [1.54, 1.807) is 32.0 Å². The predicted molar refractivity (Wildman–Crippen MR) is 177 cm³/mol. The van der Waals surface area contributed by atoms with Gasteiger partial charge in [0.1, 0.15) is 11.3 Å². The minimum Gasteiger partial charge on any atom is -0.473 e. The average molecular weight is 640 g/mol. The van der Waals surface area contributed by atoms with Crippen molar-refractivity contribution < 1.29 is 43.7 Å². The summed E-state index contributed by atoms with van der Waals surface area (Å²) in [4.78, 5) is 47.2. The molecule has 10 heteroatoms. The predicted octanol–water partition coefficient (Wildman–Crippen LogP) is 6.53. The van der Waals surface area contributed by atoms with Crippen molar-refractivity contribution in [1.82, 2.24) is 4.90 Å². The first-order valence-corrected chi connectivity index (χ1v) is 16.2. The number of carboxylic acid groups (broad SMARTS) is 2. The van der Waals surface area contributed by atoms with Crippen LogP contribution in [-0.4, -0.2) is 76.3 Å². The fourth-order valence-corrected chi connectivity index (χ4v) is 4.95. The van der Waals surface area contributed by atoms with Gasteiger partial charge in [0.2, 0.25) is 0 Å². The van der Waals surface area contributed by atoms with Crippen molar-refractivity contribution in [1.29, 1.82) is 0 Å². The SMILES string of the molecule is CCCCN(CCCC)CCCc1ccc(C(=O)c2c(CCCCO)oc3ccc(C(=O)OC(C)C)cc23)cc1.O=C(O)C(=O)O. The van der Waals surface area contributed by atoms with Crippen molar-refractivity contribution in [3.8, 4) is 0 Å². The summed E-state index contributed by atoms with van der Waals surface area (Å²) in [7, 11) is 0. The fraction of sp³-hybridized carbons (Fsp3) is 0.500. The van der Waals surface area contributed by atoms with Crippen molar-refractivity contribution >= 4 is 34.7 Å². The number of aliphatic hydroxyl groups excluding tert-OH is 1. The Morgan fingerprint density at radius 2 is 1.37 bits per heavy atom. The summed E-state index contributed by atoms with van der Waals surface area (Å²) in [6, 6.07) is 13.0. The van der Waals surface area contributed by atoms with Crippen LogP contribution < -0.4 is 0 Å². The monoisotopic (exact) mass is 639 g/mol. The van der Waals surface area contributed by atoms with Crippen molar-refractivity contribution in [2.45, 2.75) is 91.6 Å². The Balaban J connectivity index is 0.00000112. The number of ketones is 1. The molecule has 0 aliphatic rings. The number of ether oxygens (including phenoxy) is 1. The lowest BCUT2D eigenvalue weighted by atomic mass is 9.96. The molecule has 3 aromatic rings. The molecule has 0 fully saturated rings. The van der Waals surface area contributed by atoms with Crippen molar-refractivity contribution in [3.63, 3.8) is 0 Å². The molecule has 1 heterocycles. The van der Waals surface area contributed by atoms with Gasteiger partial charge in [-0.25, -0.2) is 14.4 Å². The first-order chi connectivity index (χ1) is 22.0. The van der Waals surface area contributed by atoms with Gasteiger partial charge in [0.15, 0.2) is 5.78 Å². The number of hydrogen-bond donors (Lipinski definition) is 3. The highest BCUT2D eigenvalue weighted by Gasteiger charge is 2.23. The van der Waals surface area contributed by atoms with Gasteiger partial charge in [0.05, 0.1) is 17.2 Å². The standard InChI is InChI=1S/C34H47NO5.C2H2O4/c1-5-7-20-35(21-8-6-2)22-11-12-26-14-16-27(17-15-26)33(37)32-29-24-28(34(38)39-25(3)4)18-19-30(29)40-31(32)13-9-10-23-36;3-1(4)2(5)6/h14-19,24-25,36H,5-13,20-23H2,1-4H3;(H,3,4)(H,5,6). The molecule has 0 aliphatic heterocycles. The maximum absolute atomic E-state index is 13.8. The highest BCUT2D eigenvalue weighted by molar-refractivity contribution is 6.27. The van der Waals surface area contributed by atoms with Crippen LogP contribution in [0.4, 0.5) is 0 Å². The molecule has 0 aliphatic carbocycles. The van der Waals surface area contributed by atoms with Gasteiger partial charge in [0, 0.05) is 24.0 Å². The number of aliphatic carboxylic acids is 2. The number of benzene rings is 2. The number of furan rings is 1. The summed E-state index contributed by atoms with van der Waals surface area (Å²) in [6.45, 7) is 11.6. The van der Waals surface area contributed by atoms with Gasteiger partial charge in [-0.05, 0) is 95.8 Å². The number of carbonyl (C=O) groups excluding carboxylic acids is 2. The van der Waals surface area contributed by atoms with Crippen molar-refractivity contribution in [3.05, 3.63) is 70.5 Å². The molecule has 1 aromatic heterocycles. The lowest BCUT2D eigenvalue weighted by Crippen LogP contribution is -2.27. The van der Waals surface area contributed by atoms with E-state index in [0.29, 0.717) is 52.7 Å². The van der Waals surface area contributed by atoms with Gasteiger partial charge in [-0.1, -0.05) is 51.0 Å². The number of aryl methyl sites for hydroxylation is 2. The molecule has 2 aromatic carbocycles. The van der Waals surface area contributed by atoms with E-state index in [4.69, 9.17) is 29.0 Å². The number of nitrogens with zero attached hydrogens (tertiary/aromatic N) is 1. The summed E-state index contributed by atoms with van der Waals surface area (Å²) in [5.41, 5.74) is 3.26. The van der Waals surface area contributed by atoms with E-state index in [2.05, 4.69) is 30.9 Å². The third-order valence-electron chi connectivity index (χ3n) is 7.37. The normalized spacial score (nSPS) is 11.0. The Morgan fingerprint density at radius 3 is 1.91 bits per heavy atom. The maximum atomic E-state index is 13.8. The number of fused-ring (bicyclic) bond motifs is 1. The van der Waals surface area contributed by atoms with E-state index in [1.807, 2.05) is 12.1 Å². The molecular weight excluding hydrogens is 590 g/mol. The van der Waals surface area contributed by atoms with Crippen LogP contribution in [0.15, 0.2) is 46.9 Å². The van der Waals surface area contributed by atoms with Crippen LogP contribution in [-0.2, 0) is 27.2 Å². The number of carbonyl (C=O) groups is 4. The maximum Gasteiger partial charge on any atom is 0.414 e. The number of carboxylic acids is 2. The largest absolute Gasteiger partial charge is 0.473 e. The smallest absolute Gasteiger partial charge is 0.414 e.